The van der Waals surface area contributed by atoms with Crippen LogP contribution in [0.25, 0.3) is 0 Å². The molecule has 0 aromatic carbocycles. The smallest absolute Gasteiger partial charge is 0.268 e. The van der Waals surface area contributed by atoms with E-state index in [-0.39, 0.29) is 23.9 Å². The van der Waals surface area contributed by atoms with Crippen LogP contribution in [-0.4, -0.2) is 22.6 Å². The predicted octanol–water partition coefficient (Wildman–Crippen LogP) is 1.45. The Balaban J connectivity index is 0.00000144. The van der Waals surface area contributed by atoms with Crippen molar-refractivity contribution in [3.8, 4) is 0 Å². The van der Waals surface area contributed by atoms with E-state index in [1.165, 1.54) is 0 Å². The van der Waals surface area contributed by atoms with Gasteiger partial charge in [-0.15, -0.1) is 12.4 Å². The number of nitrogens with zero attached hydrogens (tertiary/aromatic N) is 1. The largest absolute Gasteiger partial charge is 0.347 e. The van der Waals surface area contributed by atoms with E-state index in [0.29, 0.717) is 12.2 Å². The van der Waals surface area contributed by atoms with Crippen molar-refractivity contribution in [2.45, 2.75) is 31.2 Å². The van der Waals surface area contributed by atoms with Crippen molar-refractivity contribution in [1.82, 2.24) is 9.88 Å². The van der Waals surface area contributed by atoms with Crippen LogP contribution >= 0.6 is 12.4 Å². The third kappa shape index (κ3) is 2.82. The molecule has 1 heterocycles. The van der Waals surface area contributed by atoms with Crippen LogP contribution in [0.4, 0.5) is 0 Å². The molecule has 3 N–H and O–H groups in total. The van der Waals surface area contributed by atoms with Gasteiger partial charge in [-0.2, -0.15) is 0 Å². The molecule has 1 aliphatic carbocycles. The Labute approximate surface area is 108 Å². The summed E-state index contributed by atoms with van der Waals surface area (Å²) in [5, 5.41) is 3.10. The van der Waals surface area contributed by atoms with Gasteiger partial charge >= 0.3 is 0 Å². The highest BCUT2D eigenvalue weighted by atomic mass is 35.5. The molecule has 1 amide bonds. The molecule has 1 aliphatic rings. The van der Waals surface area contributed by atoms with Crippen molar-refractivity contribution in [3.05, 3.63) is 24.0 Å². The molecule has 1 aromatic rings. The molecule has 0 atom stereocenters. The first-order chi connectivity index (χ1) is 7.67. The first kappa shape index (κ1) is 14.1. The molecule has 2 rings (SSSR count). The van der Waals surface area contributed by atoms with Gasteiger partial charge in [0.25, 0.3) is 5.91 Å². The highest BCUT2D eigenvalue weighted by Gasteiger charge is 2.34. The van der Waals surface area contributed by atoms with Crippen molar-refractivity contribution in [1.29, 1.82) is 0 Å². The minimum Gasteiger partial charge on any atom is -0.347 e. The summed E-state index contributed by atoms with van der Waals surface area (Å²) in [4.78, 5) is 12.1. The Morgan fingerprint density at radius 1 is 1.53 bits per heavy atom. The minimum atomic E-state index is -0.165. The number of hydrogen-bond donors (Lipinski definition) is 2. The highest BCUT2D eigenvalue weighted by Crippen LogP contribution is 2.28. The number of carbonyl (C=O) groups excluding carboxylic acids is 1. The SMILES string of the molecule is Cl.Cn1cccc1C(=O)NC1(CN)CCCC1. The van der Waals surface area contributed by atoms with Crippen LogP contribution in [0.15, 0.2) is 18.3 Å². The molecule has 1 aromatic heterocycles. The number of nitrogens with one attached hydrogen (secondary N) is 1. The second-order valence-electron chi connectivity index (χ2n) is 4.65. The van der Waals surface area contributed by atoms with Crippen molar-refractivity contribution in [3.63, 3.8) is 0 Å². The Morgan fingerprint density at radius 2 is 2.18 bits per heavy atom. The summed E-state index contributed by atoms with van der Waals surface area (Å²) >= 11 is 0. The lowest BCUT2D eigenvalue weighted by molar-refractivity contribution is 0.0894. The summed E-state index contributed by atoms with van der Waals surface area (Å²) in [5.41, 5.74) is 6.32. The minimum absolute atomic E-state index is 0. The molecule has 4 nitrogen and oxygen atoms in total. The van der Waals surface area contributed by atoms with Gasteiger partial charge in [-0.25, -0.2) is 0 Å². The molecular weight excluding hydrogens is 238 g/mol. The maximum Gasteiger partial charge on any atom is 0.268 e. The number of aromatic nitrogens is 1. The maximum absolute atomic E-state index is 12.1. The second-order valence-corrected chi connectivity index (χ2v) is 4.65. The van der Waals surface area contributed by atoms with Crippen LogP contribution in [0.1, 0.15) is 36.2 Å². The lowest BCUT2D eigenvalue weighted by atomic mass is 9.97. The maximum atomic E-state index is 12.1. The zero-order chi connectivity index (χ0) is 11.6. The van der Waals surface area contributed by atoms with E-state index in [2.05, 4.69) is 5.32 Å². The number of hydrogen-bond acceptors (Lipinski definition) is 2. The monoisotopic (exact) mass is 257 g/mol. The van der Waals surface area contributed by atoms with Gasteiger partial charge in [0.2, 0.25) is 0 Å². The quantitative estimate of drug-likeness (QED) is 0.861. The summed E-state index contributed by atoms with van der Waals surface area (Å²) in [6.45, 7) is 0.531. The summed E-state index contributed by atoms with van der Waals surface area (Å²) < 4.78 is 1.83. The fourth-order valence-electron chi connectivity index (χ4n) is 2.43. The van der Waals surface area contributed by atoms with Crippen molar-refractivity contribution < 1.29 is 4.79 Å². The second kappa shape index (κ2) is 5.56. The van der Waals surface area contributed by atoms with Gasteiger partial charge in [0.1, 0.15) is 5.69 Å². The van der Waals surface area contributed by atoms with Crippen LogP contribution < -0.4 is 11.1 Å². The number of rotatable bonds is 3. The van der Waals surface area contributed by atoms with Gasteiger partial charge in [-0.3, -0.25) is 4.79 Å². The van der Waals surface area contributed by atoms with Gasteiger partial charge in [0.15, 0.2) is 0 Å². The fraction of sp³-hybridized carbons (Fsp3) is 0.583. The van der Waals surface area contributed by atoms with Crippen molar-refractivity contribution >= 4 is 18.3 Å². The van der Waals surface area contributed by atoms with E-state index in [0.717, 1.165) is 25.7 Å². The van der Waals surface area contributed by atoms with Crippen LogP contribution in [0, 0.1) is 0 Å². The summed E-state index contributed by atoms with van der Waals surface area (Å²) in [6, 6.07) is 3.70. The van der Waals surface area contributed by atoms with Gasteiger partial charge in [-0.1, -0.05) is 12.8 Å². The fourth-order valence-corrected chi connectivity index (χ4v) is 2.43. The van der Waals surface area contributed by atoms with Gasteiger partial charge in [0, 0.05) is 19.8 Å². The van der Waals surface area contributed by atoms with Crippen LogP contribution in [0.3, 0.4) is 0 Å². The molecule has 96 valence electrons. The Morgan fingerprint density at radius 3 is 2.65 bits per heavy atom. The normalized spacial score (nSPS) is 17.5. The molecule has 0 bridgehead atoms. The van der Waals surface area contributed by atoms with Gasteiger partial charge in [0.05, 0.1) is 5.54 Å². The van der Waals surface area contributed by atoms with Crippen LogP contribution in [0.2, 0.25) is 0 Å². The molecule has 0 unspecified atom stereocenters. The zero-order valence-electron chi connectivity index (χ0n) is 10.1. The third-order valence-electron chi connectivity index (χ3n) is 3.51. The predicted molar refractivity (Wildman–Crippen MR) is 70.4 cm³/mol. The Kier molecular flexibility index (Phi) is 4.60. The number of aryl methyl sites for hydroxylation is 1. The summed E-state index contributed by atoms with van der Waals surface area (Å²) in [5.74, 6) is -0.0140. The van der Waals surface area contributed by atoms with Crippen molar-refractivity contribution in [2.75, 3.05) is 6.54 Å². The molecule has 1 fully saturated rings. The molecule has 17 heavy (non-hydrogen) atoms. The third-order valence-corrected chi connectivity index (χ3v) is 3.51. The van der Waals surface area contributed by atoms with E-state index < -0.39 is 0 Å². The Bertz CT molecular complexity index is 383. The number of halogens is 1. The lowest BCUT2D eigenvalue weighted by Crippen LogP contribution is -2.51. The molecule has 0 saturated heterocycles. The Hall–Kier alpha value is -1.00. The average molecular weight is 258 g/mol. The number of carbonyl (C=O) groups is 1. The molecule has 1 saturated carbocycles. The van der Waals surface area contributed by atoms with Gasteiger partial charge < -0.3 is 15.6 Å². The van der Waals surface area contributed by atoms with Crippen LogP contribution in [-0.2, 0) is 7.05 Å². The van der Waals surface area contributed by atoms with E-state index in [4.69, 9.17) is 5.73 Å². The molecular formula is C12H20ClN3O. The van der Waals surface area contributed by atoms with Crippen molar-refractivity contribution in [2.24, 2.45) is 12.8 Å². The standard InChI is InChI=1S/C12H19N3O.ClH/c1-15-8-4-5-10(15)11(16)14-12(9-13)6-2-3-7-12;/h4-5,8H,2-3,6-7,9,13H2,1H3,(H,14,16);1H. The zero-order valence-corrected chi connectivity index (χ0v) is 10.9. The lowest BCUT2D eigenvalue weighted by Gasteiger charge is -2.28. The molecule has 5 heteroatoms. The van der Waals surface area contributed by atoms with Gasteiger partial charge in [-0.05, 0) is 25.0 Å². The first-order valence-corrected chi connectivity index (χ1v) is 5.81. The van der Waals surface area contributed by atoms with E-state index in [9.17, 15) is 4.79 Å². The average Bonchev–Trinajstić information content (AvgIpc) is 2.87. The summed E-state index contributed by atoms with van der Waals surface area (Å²) in [7, 11) is 1.87. The number of amides is 1. The van der Waals surface area contributed by atoms with E-state index in [1.54, 1.807) is 0 Å². The van der Waals surface area contributed by atoms with Crippen LogP contribution in [0.5, 0.6) is 0 Å². The summed E-state index contributed by atoms with van der Waals surface area (Å²) in [6.07, 6.45) is 6.19. The number of nitrogens with two attached hydrogens (primary N) is 1. The molecule has 0 radical (unpaired) electrons. The molecule has 0 spiro atoms. The van der Waals surface area contributed by atoms with E-state index in [1.807, 2.05) is 29.9 Å². The highest BCUT2D eigenvalue weighted by molar-refractivity contribution is 5.93. The topological polar surface area (TPSA) is 60.0 Å². The first-order valence-electron chi connectivity index (χ1n) is 5.81. The van der Waals surface area contributed by atoms with E-state index >= 15 is 0 Å². The molecule has 0 aliphatic heterocycles.